The first-order valence-electron chi connectivity index (χ1n) is 4.69. The lowest BCUT2D eigenvalue weighted by Gasteiger charge is -2.19. The van der Waals surface area contributed by atoms with Crippen LogP contribution >= 0.6 is 0 Å². The molecule has 1 heterocycles. The van der Waals surface area contributed by atoms with Gasteiger partial charge in [0.25, 0.3) is 0 Å². The molecule has 0 bridgehead atoms. The smallest absolute Gasteiger partial charge is 0.423 e. The third-order valence-electron chi connectivity index (χ3n) is 2.79. The zero-order valence-electron chi connectivity index (χ0n) is 8.77. The molecule has 0 atom stereocenters. The largest absolute Gasteiger partial charge is 0.495 e. The highest BCUT2D eigenvalue weighted by Gasteiger charge is 2.43. The first kappa shape index (κ1) is 10.6. The molecule has 1 N–H and O–H groups in total. The zero-order chi connectivity index (χ0) is 11.4. The van der Waals surface area contributed by atoms with E-state index in [0.29, 0.717) is 5.56 Å². The third kappa shape index (κ3) is 1.38. The molecule has 1 aliphatic heterocycles. The van der Waals surface area contributed by atoms with Gasteiger partial charge in [-0.2, -0.15) is 0 Å². The second kappa shape index (κ2) is 3.03. The average Bonchev–Trinajstić information content (AvgIpc) is 2.33. The molecule has 80 valence electrons. The van der Waals surface area contributed by atoms with E-state index in [9.17, 15) is 13.8 Å². The Labute approximate surface area is 87.0 Å². The quantitative estimate of drug-likeness (QED) is 0.655. The van der Waals surface area contributed by atoms with Gasteiger partial charge in [0.05, 0.1) is 5.60 Å². The lowest BCUT2D eigenvalue weighted by Crippen LogP contribution is -2.32. The van der Waals surface area contributed by atoms with Crippen LogP contribution in [0.3, 0.4) is 0 Å². The molecule has 1 aromatic carbocycles. The van der Waals surface area contributed by atoms with Crippen molar-refractivity contribution in [2.24, 2.45) is 0 Å². The highest BCUT2D eigenvalue weighted by molar-refractivity contribution is 6.62. The molecule has 5 heteroatoms. The van der Waals surface area contributed by atoms with Crippen molar-refractivity contribution < 1.29 is 18.5 Å². The monoisotopic (exact) mass is 212 g/mol. The van der Waals surface area contributed by atoms with Gasteiger partial charge in [-0.15, -0.1) is 0 Å². The Morgan fingerprint density at radius 1 is 1.40 bits per heavy atom. The summed E-state index contributed by atoms with van der Waals surface area (Å²) in [7, 11) is -1.31. The maximum absolute atomic E-state index is 13.7. The van der Waals surface area contributed by atoms with Crippen LogP contribution in [0.4, 0.5) is 8.78 Å². The summed E-state index contributed by atoms with van der Waals surface area (Å²) in [5, 5.41) is 9.53. The van der Waals surface area contributed by atoms with Crippen molar-refractivity contribution in [1.29, 1.82) is 0 Å². The first-order chi connectivity index (χ1) is 6.84. The molecular formula is C10H11BF2O2. The third-order valence-corrected chi connectivity index (χ3v) is 2.79. The summed E-state index contributed by atoms with van der Waals surface area (Å²) in [5.41, 5.74) is -0.520. The molecule has 0 aliphatic carbocycles. The second-order valence-electron chi connectivity index (χ2n) is 4.24. The number of benzene rings is 1. The molecule has 0 aromatic heterocycles. The number of fused-ring (bicyclic) bond motifs is 1. The predicted octanol–water partition coefficient (Wildman–Crippen LogP) is 1.23. The fraction of sp³-hybridized carbons (Fsp3) is 0.400. The number of hydrogen-bond acceptors (Lipinski definition) is 2. The SMILES string of the molecule is Cc1c(F)cc2c(c1F)B(O)OC2(C)C. The van der Waals surface area contributed by atoms with Crippen molar-refractivity contribution in [3.05, 3.63) is 28.8 Å². The van der Waals surface area contributed by atoms with Crippen LogP contribution < -0.4 is 5.46 Å². The molecule has 0 saturated heterocycles. The van der Waals surface area contributed by atoms with Crippen LogP contribution in [-0.2, 0) is 10.3 Å². The fourth-order valence-electron chi connectivity index (χ4n) is 1.88. The second-order valence-corrected chi connectivity index (χ2v) is 4.24. The first-order valence-corrected chi connectivity index (χ1v) is 4.69. The van der Waals surface area contributed by atoms with Crippen LogP contribution in [0.25, 0.3) is 0 Å². The fourth-order valence-corrected chi connectivity index (χ4v) is 1.88. The molecule has 1 aromatic rings. The summed E-state index contributed by atoms with van der Waals surface area (Å²) in [4.78, 5) is 0. The molecule has 0 amide bonds. The molecule has 2 rings (SSSR count). The maximum Gasteiger partial charge on any atom is 0.495 e. The number of hydrogen-bond donors (Lipinski definition) is 1. The Morgan fingerprint density at radius 3 is 2.60 bits per heavy atom. The van der Waals surface area contributed by atoms with Crippen molar-refractivity contribution in [2.75, 3.05) is 0 Å². The van der Waals surface area contributed by atoms with E-state index in [1.54, 1.807) is 13.8 Å². The summed E-state index contributed by atoms with van der Waals surface area (Å²) in [6, 6.07) is 1.23. The molecule has 0 unspecified atom stereocenters. The van der Waals surface area contributed by atoms with Crippen LogP contribution in [-0.4, -0.2) is 12.1 Å². The van der Waals surface area contributed by atoms with Gasteiger partial charge in [0.1, 0.15) is 11.6 Å². The minimum absolute atomic E-state index is 0.0545. The minimum atomic E-state index is -1.31. The van der Waals surface area contributed by atoms with Crippen LogP contribution in [0.5, 0.6) is 0 Å². The van der Waals surface area contributed by atoms with E-state index in [1.807, 2.05) is 0 Å². The molecule has 0 fully saturated rings. The van der Waals surface area contributed by atoms with Gasteiger partial charge in [-0.1, -0.05) is 0 Å². The molecular weight excluding hydrogens is 201 g/mol. The van der Waals surface area contributed by atoms with Gasteiger partial charge in [0, 0.05) is 11.0 Å². The summed E-state index contributed by atoms with van der Waals surface area (Å²) >= 11 is 0. The van der Waals surface area contributed by atoms with Crippen molar-refractivity contribution in [1.82, 2.24) is 0 Å². The van der Waals surface area contributed by atoms with Gasteiger partial charge in [-0.05, 0) is 32.4 Å². The molecule has 0 spiro atoms. The van der Waals surface area contributed by atoms with E-state index in [0.717, 1.165) is 0 Å². The zero-order valence-corrected chi connectivity index (χ0v) is 8.77. The Balaban J connectivity index is 2.75. The van der Waals surface area contributed by atoms with Gasteiger partial charge in [0.2, 0.25) is 0 Å². The number of rotatable bonds is 0. The predicted molar refractivity (Wildman–Crippen MR) is 52.8 cm³/mol. The van der Waals surface area contributed by atoms with Crippen molar-refractivity contribution in [3.8, 4) is 0 Å². The molecule has 15 heavy (non-hydrogen) atoms. The number of halogens is 2. The van der Waals surface area contributed by atoms with Crippen molar-refractivity contribution in [2.45, 2.75) is 26.4 Å². The van der Waals surface area contributed by atoms with Crippen LogP contribution in [0.2, 0.25) is 0 Å². The summed E-state index contributed by atoms with van der Waals surface area (Å²) in [5.74, 6) is -1.33. The highest BCUT2D eigenvalue weighted by atomic mass is 19.1. The van der Waals surface area contributed by atoms with Crippen LogP contribution in [0.1, 0.15) is 25.0 Å². The minimum Gasteiger partial charge on any atom is -0.423 e. The van der Waals surface area contributed by atoms with Gasteiger partial charge in [-0.25, -0.2) is 8.78 Å². The lowest BCUT2D eigenvalue weighted by atomic mass is 9.77. The van der Waals surface area contributed by atoms with Gasteiger partial charge in [-0.3, -0.25) is 0 Å². The summed E-state index contributed by atoms with van der Waals surface area (Å²) < 4.78 is 32.2. The lowest BCUT2D eigenvalue weighted by molar-refractivity contribution is 0.100. The molecule has 0 radical (unpaired) electrons. The van der Waals surface area contributed by atoms with E-state index in [1.165, 1.54) is 13.0 Å². The Morgan fingerprint density at radius 2 is 2.00 bits per heavy atom. The molecule has 0 saturated carbocycles. The Kier molecular flexibility index (Phi) is 2.13. The normalized spacial score (nSPS) is 18.1. The van der Waals surface area contributed by atoms with Crippen LogP contribution in [0, 0.1) is 18.6 Å². The topological polar surface area (TPSA) is 29.5 Å². The van der Waals surface area contributed by atoms with Gasteiger partial charge < -0.3 is 9.68 Å². The molecule has 1 aliphatic rings. The van der Waals surface area contributed by atoms with E-state index < -0.39 is 24.4 Å². The summed E-state index contributed by atoms with van der Waals surface area (Å²) in [6.45, 7) is 4.66. The summed E-state index contributed by atoms with van der Waals surface area (Å²) in [6.07, 6.45) is 0. The molecule has 2 nitrogen and oxygen atoms in total. The van der Waals surface area contributed by atoms with Crippen LogP contribution in [0.15, 0.2) is 6.07 Å². The van der Waals surface area contributed by atoms with Crippen molar-refractivity contribution in [3.63, 3.8) is 0 Å². The van der Waals surface area contributed by atoms with Gasteiger partial charge in [0.15, 0.2) is 0 Å². The van der Waals surface area contributed by atoms with E-state index in [-0.39, 0.29) is 11.0 Å². The Hall–Kier alpha value is -0.935. The highest BCUT2D eigenvalue weighted by Crippen LogP contribution is 2.32. The van der Waals surface area contributed by atoms with Crippen molar-refractivity contribution >= 4 is 12.6 Å². The maximum atomic E-state index is 13.7. The standard InChI is InChI=1S/C10H11BF2O2/c1-5-7(12)4-6-8(9(5)13)11(14)15-10(6,2)3/h4,14H,1-3H3. The van der Waals surface area contributed by atoms with Gasteiger partial charge >= 0.3 is 7.12 Å². The van der Waals surface area contributed by atoms with E-state index >= 15 is 0 Å². The van der Waals surface area contributed by atoms with E-state index in [2.05, 4.69) is 0 Å². The Bertz CT molecular complexity index is 432. The average molecular weight is 212 g/mol. The van der Waals surface area contributed by atoms with E-state index in [4.69, 9.17) is 4.65 Å².